The van der Waals surface area contributed by atoms with E-state index in [9.17, 15) is 4.79 Å². The zero-order valence-corrected chi connectivity index (χ0v) is 11.6. The van der Waals surface area contributed by atoms with Crippen LogP contribution in [0.4, 0.5) is 0 Å². The number of hydrogen-bond donors (Lipinski definition) is 3. The van der Waals surface area contributed by atoms with Crippen molar-refractivity contribution in [3.63, 3.8) is 0 Å². The second kappa shape index (κ2) is 6.86. The monoisotopic (exact) mass is 272 g/mol. The van der Waals surface area contributed by atoms with Crippen LogP contribution in [-0.4, -0.2) is 15.9 Å². The minimum absolute atomic E-state index is 0.00579. The van der Waals surface area contributed by atoms with Crippen LogP contribution in [0, 0.1) is 0 Å². The summed E-state index contributed by atoms with van der Waals surface area (Å²) in [5, 5.41) is 2.99. The van der Waals surface area contributed by atoms with Gasteiger partial charge in [0.2, 0.25) is 5.91 Å². The van der Waals surface area contributed by atoms with Crippen LogP contribution in [0.15, 0.2) is 36.7 Å². The molecule has 0 spiro atoms. The Morgan fingerprint density at radius 1 is 1.35 bits per heavy atom. The molecule has 5 nitrogen and oxygen atoms in total. The first-order valence-electron chi connectivity index (χ1n) is 6.79. The van der Waals surface area contributed by atoms with Crippen LogP contribution in [0.5, 0.6) is 0 Å². The molecule has 0 saturated carbocycles. The highest BCUT2D eigenvalue weighted by molar-refractivity contribution is 5.78. The minimum Gasteiger partial charge on any atom is -0.347 e. The SMILES string of the molecule is CCC(NC(=O)Cc1ccc(CN)cc1)c1ncc[nH]1. The second-order valence-corrected chi connectivity index (χ2v) is 4.70. The Kier molecular flexibility index (Phi) is 4.90. The molecule has 20 heavy (non-hydrogen) atoms. The molecule has 1 heterocycles. The van der Waals surface area contributed by atoms with Crippen LogP contribution in [0.1, 0.15) is 36.3 Å². The van der Waals surface area contributed by atoms with Gasteiger partial charge in [-0.2, -0.15) is 0 Å². The van der Waals surface area contributed by atoms with Crippen molar-refractivity contribution >= 4 is 5.91 Å². The van der Waals surface area contributed by atoms with E-state index in [-0.39, 0.29) is 11.9 Å². The molecule has 1 atom stereocenters. The van der Waals surface area contributed by atoms with Gasteiger partial charge in [-0.1, -0.05) is 31.2 Å². The molecule has 0 saturated heterocycles. The number of hydrogen-bond acceptors (Lipinski definition) is 3. The zero-order valence-electron chi connectivity index (χ0n) is 11.6. The lowest BCUT2D eigenvalue weighted by Crippen LogP contribution is -2.30. The van der Waals surface area contributed by atoms with Crippen molar-refractivity contribution < 1.29 is 4.79 Å². The number of carbonyl (C=O) groups excluding carboxylic acids is 1. The van der Waals surface area contributed by atoms with Crippen molar-refractivity contribution in [1.82, 2.24) is 15.3 Å². The maximum Gasteiger partial charge on any atom is 0.225 e. The first-order valence-corrected chi connectivity index (χ1v) is 6.79. The lowest BCUT2D eigenvalue weighted by Gasteiger charge is -2.14. The number of aromatic amines is 1. The molecule has 0 fully saturated rings. The van der Waals surface area contributed by atoms with E-state index in [1.165, 1.54) is 0 Å². The average Bonchev–Trinajstić information content (AvgIpc) is 2.99. The van der Waals surface area contributed by atoms with E-state index in [1.54, 1.807) is 12.4 Å². The smallest absolute Gasteiger partial charge is 0.225 e. The maximum atomic E-state index is 12.1. The molecule has 4 N–H and O–H groups in total. The van der Waals surface area contributed by atoms with Gasteiger partial charge in [-0.25, -0.2) is 4.98 Å². The van der Waals surface area contributed by atoms with Crippen LogP contribution in [0.2, 0.25) is 0 Å². The number of carbonyl (C=O) groups is 1. The highest BCUT2D eigenvalue weighted by Crippen LogP contribution is 2.12. The number of nitrogens with zero attached hydrogens (tertiary/aromatic N) is 1. The largest absolute Gasteiger partial charge is 0.347 e. The maximum absolute atomic E-state index is 12.1. The third-order valence-electron chi connectivity index (χ3n) is 3.22. The predicted octanol–water partition coefficient (Wildman–Crippen LogP) is 1.68. The zero-order chi connectivity index (χ0) is 14.4. The van der Waals surface area contributed by atoms with E-state index < -0.39 is 0 Å². The summed E-state index contributed by atoms with van der Waals surface area (Å²) in [6, 6.07) is 7.71. The van der Waals surface area contributed by atoms with Crippen molar-refractivity contribution in [3.05, 3.63) is 53.6 Å². The van der Waals surface area contributed by atoms with Gasteiger partial charge in [-0.3, -0.25) is 4.79 Å². The first-order chi connectivity index (χ1) is 9.72. The van der Waals surface area contributed by atoms with E-state index in [0.29, 0.717) is 13.0 Å². The Labute approximate surface area is 118 Å². The molecule has 1 aromatic carbocycles. The van der Waals surface area contributed by atoms with Gasteiger partial charge in [-0.15, -0.1) is 0 Å². The van der Waals surface area contributed by atoms with Gasteiger partial charge in [0.05, 0.1) is 12.5 Å². The van der Waals surface area contributed by atoms with E-state index in [4.69, 9.17) is 5.73 Å². The summed E-state index contributed by atoms with van der Waals surface area (Å²) in [4.78, 5) is 19.3. The number of rotatable bonds is 6. The molecular weight excluding hydrogens is 252 g/mol. The van der Waals surface area contributed by atoms with Crippen LogP contribution in [-0.2, 0) is 17.8 Å². The number of benzene rings is 1. The standard InChI is InChI=1S/C15H20N4O/c1-2-13(15-17-7-8-18-15)19-14(20)9-11-3-5-12(10-16)6-4-11/h3-8,13H,2,9-10,16H2,1H3,(H,17,18)(H,19,20). The molecule has 0 aliphatic carbocycles. The van der Waals surface area contributed by atoms with Gasteiger partial charge >= 0.3 is 0 Å². The normalized spacial score (nSPS) is 12.1. The Hall–Kier alpha value is -2.14. The Bertz CT molecular complexity index is 534. The molecule has 0 aliphatic rings. The van der Waals surface area contributed by atoms with Crippen molar-refractivity contribution in [3.8, 4) is 0 Å². The summed E-state index contributed by atoms with van der Waals surface area (Å²) in [6.07, 6.45) is 4.61. The van der Waals surface area contributed by atoms with E-state index in [1.807, 2.05) is 31.2 Å². The Morgan fingerprint density at radius 3 is 2.60 bits per heavy atom. The number of aromatic nitrogens is 2. The fourth-order valence-electron chi connectivity index (χ4n) is 2.06. The quantitative estimate of drug-likeness (QED) is 0.748. The predicted molar refractivity (Wildman–Crippen MR) is 77.8 cm³/mol. The Balaban J connectivity index is 1.94. The summed E-state index contributed by atoms with van der Waals surface area (Å²) in [6.45, 7) is 2.53. The van der Waals surface area contributed by atoms with Crippen molar-refractivity contribution in [1.29, 1.82) is 0 Å². The molecular formula is C15H20N4O. The molecule has 2 aromatic rings. The Morgan fingerprint density at radius 2 is 2.05 bits per heavy atom. The number of amides is 1. The van der Waals surface area contributed by atoms with Gasteiger partial charge in [0.25, 0.3) is 0 Å². The van der Waals surface area contributed by atoms with Crippen LogP contribution >= 0.6 is 0 Å². The van der Waals surface area contributed by atoms with Crippen LogP contribution in [0.25, 0.3) is 0 Å². The third kappa shape index (κ3) is 3.68. The third-order valence-corrected chi connectivity index (χ3v) is 3.22. The van der Waals surface area contributed by atoms with Gasteiger partial charge in [0, 0.05) is 18.9 Å². The molecule has 1 amide bonds. The van der Waals surface area contributed by atoms with E-state index in [0.717, 1.165) is 23.4 Å². The highest BCUT2D eigenvalue weighted by atomic mass is 16.1. The van der Waals surface area contributed by atoms with E-state index >= 15 is 0 Å². The van der Waals surface area contributed by atoms with Gasteiger partial charge in [0.15, 0.2) is 0 Å². The molecule has 5 heteroatoms. The lowest BCUT2D eigenvalue weighted by molar-refractivity contribution is -0.121. The minimum atomic E-state index is -0.0687. The molecule has 0 radical (unpaired) electrons. The summed E-state index contributed by atoms with van der Waals surface area (Å²) in [5.41, 5.74) is 7.60. The van der Waals surface area contributed by atoms with Crippen molar-refractivity contribution in [2.24, 2.45) is 5.73 Å². The lowest BCUT2D eigenvalue weighted by atomic mass is 10.1. The molecule has 0 aliphatic heterocycles. The highest BCUT2D eigenvalue weighted by Gasteiger charge is 2.14. The van der Waals surface area contributed by atoms with Crippen molar-refractivity contribution in [2.75, 3.05) is 0 Å². The number of imidazole rings is 1. The average molecular weight is 272 g/mol. The van der Waals surface area contributed by atoms with Crippen LogP contribution in [0.3, 0.4) is 0 Å². The van der Waals surface area contributed by atoms with Crippen molar-refractivity contribution in [2.45, 2.75) is 32.4 Å². The molecule has 2 rings (SSSR count). The van der Waals surface area contributed by atoms with Crippen LogP contribution < -0.4 is 11.1 Å². The second-order valence-electron chi connectivity index (χ2n) is 4.70. The first kappa shape index (κ1) is 14.3. The summed E-state index contributed by atoms with van der Waals surface area (Å²) in [7, 11) is 0. The summed E-state index contributed by atoms with van der Waals surface area (Å²) < 4.78 is 0. The summed E-state index contributed by atoms with van der Waals surface area (Å²) in [5.74, 6) is 0.785. The number of H-pyrrole nitrogens is 1. The molecule has 106 valence electrons. The number of nitrogens with one attached hydrogen (secondary N) is 2. The fraction of sp³-hybridized carbons (Fsp3) is 0.333. The van der Waals surface area contributed by atoms with Gasteiger partial charge in [0.1, 0.15) is 5.82 Å². The number of nitrogens with two attached hydrogens (primary N) is 1. The molecule has 1 aromatic heterocycles. The topological polar surface area (TPSA) is 83.8 Å². The molecule has 1 unspecified atom stereocenters. The van der Waals surface area contributed by atoms with Gasteiger partial charge < -0.3 is 16.0 Å². The van der Waals surface area contributed by atoms with E-state index in [2.05, 4.69) is 15.3 Å². The van der Waals surface area contributed by atoms with Gasteiger partial charge in [-0.05, 0) is 17.5 Å². The summed E-state index contributed by atoms with van der Waals surface area (Å²) >= 11 is 0. The molecule has 0 bridgehead atoms. The fourth-order valence-corrected chi connectivity index (χ4v) is 2.06.